The van der Waals surface area contributed by atoms with Crippen LogP contribution in [0.1, 0.15) is 34.1 Å². The molecule has 0 saturated carbocycles. The number of pyridine rings is 1. The molecular formula is C24H27ClF2N5O4+. The number of likely N-dealkylation sites (tertiary alicyclic amines) is 1. The molecule has 0 atom stereocenters. The Morgan fingerprint density at radius 3 is 2.47 bits per heavy atom. The Balaban J connectivity index is 1.86. The topological polar surface area (TPSA) is 118 Å². The van der Waals surface area contributed by atoms with E-state index in [0.717, 1.165) is 6.42 Å². The minimum Gasteiger partial charge on any atom is -0.485 e. The number of carbonyl (C=O) groups is 2. The van der Waals surface area contributed by atoms with E-state index in [0.29, 0.717) is 24.4 Å². The van der Waals surface area contributed by atoms with Crippen molar-refractivity contribution in [2.24, 2.45) is 0 Å². The van der Waals surface area contributed by atoms with E-state index in [1.54, 1.807) is 18.9 Å². The quantitative estimate of drug-likeness (QED) is 0.325. The maximum Gasteiger partial charge on any atom is 0.339 e. The maximum absolute atomic E-state index is 13.1. The van der Waals surface area contributed by atoms with Gasteiger partial charge >= 0.3 is 5.91 Å². The first kappa shape index (κ1) is 26.9. The van der Waals surface area contributed by atoms with E-state index >= 15 is 0 Å². The van der Waals surface area contributed by atoms with Gasteiger partial charge in [0.15, 0.2) is 6.10 Å². The van der Waals surface area contributed by atoms with E-state index in [9.17, 15) is 18.4 Å². The standard InChI is InChI=1S/C24H26ClF2N5O4/c1-14(29-2)6-21(28)31-22(33)15-7-17(35-19(11-26)12-27)10-18(8-15)36-23-20(25)9-16(13-30-23)24(34)32-4-3-5-32/h6-10,13,19,29H,3-5,11-12H2,1-2H3,(H2,28,31,33)/p+1/b14-6-. The second-order valence-electron chi connectivity index (χ2n) is 7.99. The number of amides is 2. The predicted molar refractivity (Wildman–Crippen MR) is 130 cm³/mol. The molecule has 1 aromatic heterocycles. The zero-order chi connectivity index (χ0) is 26.2. The highest BCUT2D eigenvalue weighted by Gasteiger charge is 2.23. The van der Waals surface area contributed by atoms with Crippen molar-refractivity contribution in [3.63, 3.8) is 0 Å². The van der Waals surface area contributed by atoms with Gasteiger partial charge in [-0.15, -0.1) is 0 Å². The summed E-state index contributed by atoms with van der Waals surface area (Å²) in [7, 11) is 1.70. The number of benzene rings is 1. The fraction of sp³-hybridized carbons (Fsp3) is 0.333. The number of carbonyl (C=O) groups excluding carboxylic acids is 2. The number of alkyl halides is 2. The van der Waals surface area contributed by atoms with E-state index in [1.165, 1.54) is 36.5 Å². The number of nitrogens with two attached hydrogens (primary N) is 1. The summed E-state index contributed by atoms with van der Waals surface area (Å²) in [6.45, 7) is 0.969. The molecular weight excluding hydrogens is 496 g/mol. The van der Waals surface area contributed by atoms with E-state index in [2.05, 4.69) is 15.6 Å². The maximum atomic E-state index is 13.1. The van der Waals surface area contributed by atoms with Crippen molar-refractivity contribution in [3.8, 4) is 17.4 Å². The van der Waals surface area contributed by atoms with Crippen LogP contribution in [0.15, 0.2) is 42.2 Å². The summed E-state index contributed by atoms with van der Waals surface area (Å²) in [5.74, 6) is -0.722. The van der Waals surface area contributed by atoms with Crippen LogP contribution in [0.5, 0.6) is 17.4 Å². The molecule has 0 unspecified atom stereocenters. The fourth-order valence-electron chi connectivity index (χ4n) is 3.10. The normalized spacial score (nSPS) is 13.2. The molecule has 9 nitrogen and oxygen atoms in total. The van der Waals surface area contributed by atoms with Gasteiger partial charge in [0.1, 0.15) is 29.9 Å². The van der Waals surface area contributed by atoms with Crippen molar-refractivity contribution in [1.82, 2.24) is 20.5 Å². The minimum absolute atomic E-state index is 0.0147. The van der Waals surface area contributed by atoms with Crippen LogP contribution in [0, 0.1) is 0 Å². The molecule has 0 bridgehead atoms. The monoisotopic (exact) mass is 522 g/mol. The first-order valence-corrected chi connectivity index (χ1v) is 11.5. The molecule has 0 aliphatic carbocycles. The average molecular weight is 523 g/mol. The summed E-state index contributed by atoms with van der Waals surface area (Å²) < 4.78 is 37.2. The molecule has 1 aliphatic heterocycles. The summed E-state index contributed by atoms with van der Waals surface area (Å²) in [4.78, 5) is 31.0. The van der Waals surface area contributed by atoms with Gasteiger partial charge in [0.25, 0.3) is 11.7 Å². The number of halogens is 3. The number of hydrogen-bond acceptors (Lipinski definition) is 6. The lowest BCUT2D eigenvalue weighted by atomic mass is 10.1. The summed E-state index contributed by atoms with van der Waals surface area (Å²) >= 11 is 6.29. The zero-order valence-electron chi connectivity index (χ0n) is 19.8. The van der Waals surface area contributed by atoms with Crippen LogP contribution in [0.3, 0.4) is 0 Å². The van der Waals surface area contributed by atoms with Crippen LogP contribution >= 0.6 is 11.6 Å². The van der Waals surface area contributed by atoms with Crippen molar-refractivity contribution in [1.29, 1.82) is 0 Å². The number of nitrogens with one attached hydrogen (secondary N) is 2. The minimum atomic E-state index is -1.36. The number of rotatable bonds is 10. The van der Waals surface area contributed by atoms with Crippen LogP contribution in [-0.2, 0) is 0 Å². The molecule has 0 spiro atoms. The molecule has 1 aliphatic rings. The highest BCUT2D eigenvalue weighted by atomic mass is 35.5. The van der Waals surface area contributed by atoms with E-state index < -0.39 is 25.4 Å². The van der Waals surface area contributed by atoms with Crippen LogP contribution in [0.4, 0.5) is 8.78 Å². The highest BCUT2D eigenvalue weighted by molar-refractivity contribution is 6.32. The molecule has 2 aromatic rings. The number of amidine groups is 1. The summed E-state index contributed by atoms with van der Waals surface area (Å²) in [5, 5.41) is 11.3. The van der Waals surface area contributed by atoms with Gasteiger partial charge in [-0.1, -0.05) is 11.6 Å². The van der Waals surface area contributed by atoms with Gasteiger partial charge in [0, 0.05) is 44.2 Å². The molecule has 3 rings (SSSR count). The van der Waals surface area contributed by atoms with Crippen LogP contribution in [-0.4, -0.2) is 67.1 Å². The van der Waals surface area contributed by atoms with Crippen molar-refractivity contribution in [2.75, 3.05) is 33.5 Å². The smallest absolute Gasteiger partial charge is 0.339 e. The zero-order valence-corrected chi connectivity index (χ0v) is 20.6. The van der Waals surface area contributed by atoms with Crippen molar-refractivity contribution >= 4 is 29.3 Å². The number of hydrogen-bond donors (Lipinski definition) is 3. The second kappa shape index (κ2) is 12.3. The molecule has 1 aromatic carbocycles. The van der Waals surface area contributed by atoms with Gasteiger partial charge < -0.3 is 19.7 Å². The Morgan fingerprint density at radius 1 is 1.19 bits per heavy atom. The molecule has 2 heterocycles. The molecule has 36 heavy (non-hydrogen) atoms. The Labute approximate surface area is 211 Å². The summed E-state index contributed by atoms with van der Waals surface area (Å²) in [6.07, 6.45) is 2.44. The lowest BCUT2D eigenvalue weighted by Gasteiger charge is -2.30. The molecule has 4 N–H and O–H groups in total. The third kappa shape index (κ3) is 6.91. The van der Waals surface area contributed by atoms with Gasteiger partial charge in [-0.2, -0.15) is 0 Å². The number of aromatic nitrogens is 1. The fourth-order valence-corrected chi connectivity index (χ4v) is 3.31. The second-order valence-corrected chi connectivity index (χ2v) is 8.39. The Hall–Kier alpha value is -3.73. The van der Waals surface area contributed by atoms with E-state index in [1.807, 2.05) is 0 Å². The van der Waals surface area contributed by atoms with Gasteiger partial charge in [-0.3, -0.25) is 10.2 Å². The van der Waals surface area contributed by atoms with Crippen LogP contribution in [0.2, 0.25) is 5.02 Å². The number of ether oxygens (including phenoxy) is 2. The Kier molecular flexibility index (Phi) is 9.18. The Morgan fingerprint density at radius 2 is 1.89 bits per heavy atom. The Bertz CT molecular complexity index is 1170. The average Bonchev–Trinajstić information content (AvgIpc) is 2.82. The molecule has 2 amide bonds. The van der Waals surface area contributed by atoms with E-state index in [4.69, 9.17) is 26.5 Å². The van der Waals surface area contributed by atoms with E-state index in [-0.39, 0.29) is 39.7 Å². The predicted octanol–water partition coefficient (Wildman–Crippen LogP) is 2.07. The van der Waals surface area contributed by atoms with Gasteiger partial charge in [-0.25, -0.2) is 23.9 Å². The first-order valence-electron chi connectivity index (χ1n) is 11.1. The first-order chi connectivity index (χ1) is 17.2. The molecule has 192 valence electrons. The van der Waals surface area contributed by atoms with Gasteiger partial charge in [-0.05, 0) is 31.5 Å². The molecule has 1 fully saturated rings. The largest absolute Gasteiger partial charge is 0.485 e. The van der Waals surface area contributed by atoms with Crippen molar-refractivity contribution < 1.29 is 33.3 Å². The molecule has 1 saturated heterocycles. The molecule has 0 radical (unpaired) electrons. The number of allylic oxidation sites excluding steroid dienone is 1. The summed E-state index contributed by atoms with van der Waals surface area (Å²) in [5.41, 5.74) is 1.06. The lowest BCUT2D eigenvalue weighted by Crippen LogP contribution is -2.50. The van der Waals surface area contributed by atoms with Gasteiger partial charge in [0.2, 0.25) is 5.88 Å². The SMILES string of the molecule is CN/C(C)=C\C(=[NH2+])NC(=O)c1cc(Oc2ncc(C(=O)N3CCC3)cc2Cl)cc(OC(CF)CF)c1. The van der Waals surface area contributed by atoms with Crippen molar-refractivity contribution in [2.45, 2.75) is 19.4 Å². The summed E-state index contributed by atoms with van der Waals surface area (Å²) in [6, 6.07) is 5.44. The third-order valence-corrected chi connectivity index (χ3v) is 5.50. The third-order valence-electron chi connectivity index (χ3n) is 5.23. The van der Waals surface area contributed by atoms with Crippen molar-refractivity contribution in [3.05, 3.63) is 58.4 Å². The van der Waals surface area contributed by atoms with Crippen LogP contribution < -0.4 is 25.5 Å². The number of nitrogens with zero attached hydrogens (tertiary/aromatic N) is 2. The highest BCUT2D eigenvalue weighted by Crippen LogP contribution is 2.32. The van der Waals surface area contributed by atoms with Gasteiger partial charge in [0.05, 0.1) is 11.1 Å². The molecule has 12 heteroatoms. The lowest BCUT2D eigenvalue weighted by molar-refractivity contribution is -0.115. The van der Waals surface area contributed by atoms with Crippen LogP contribution in [0.25, 0.3) is 0 Å².